The fourth-order valence-corrected chi connectivity index (χ4v) is 1.83. The number of hydrogen-bond donors (Lipinski definition) is 2. The minimum atomic E-state index is -0.898. The maximum Gasteiger partial charge on any atom is 0.305 e. The van der Waals surface area contributed by atoms with Gasteiger partial charge in [0.2, 0.25) is 5.91 Å². The first-order valence-corrected chi connectivity index (χ1v) is 6.17. The molecule has 1 atom stereocenters. The maximum atomic E-state index is 11.7. The number of carboxylic acid groups (broad SMARTS) is 1. The summed E-state index contributed by atoms with van der Waals surface area (Å²) in [6.07, 6.45) is 1.25. The number of carboxylic acids is 1. The quantitative estimate of drug-likeness (QED) is 0.778. The molecule has 4 heteroatoms. The molecule has 1 aromatic rings. The molecule has 0 fully saturated rings. The number of rotatable bonds is 7. The minimum Gasteiger partial charge on any atom is -0.481 e. The Balaban J connectivity index is 2.44. The second-order valence-corrected chi connectivity index (χ2v) is 4.21. The molecule has 4 nitrogen and oxygen atoms in total. The number of hydrogen-bond acceptors (Lipinski definition) is 2. The zero-order chi connectivity index (χ0) is 13.4. The molecule has 0 aliphatic rings. The molecule has 0 bridgehead atoms. The summed E-state index contributed by atoms with van der Waals surface area (Å²) in [6.45, 7) is 2.24. The molecule has 2 N–H and O–H groups in total. The van der Waals surface area contributed by atoms with Gasteiger partial charge in [-0.15, -0.1) is 0 Å². The molecule has 0 saturated carbocycles. The summed E-state index contributed by atoms with van der Waals surface area (Å²) < 4.78 is 0. The second kappa shape index (κ2) is 7.48. The van der Waals surface area contributed by atoms with Crippen LogP contribution in [0.25, 0.3) is 0 Å². The highest BCUT2D eigenvalue weighted by Gasteiger charge is 2.13. The Hall–Kier alpha value is -1.84. The van der Waals surface area contributed by atoms with E-state index in [1.165, 1.54) is 0 Å². The molecular weight excluding hydrogens is 230 g/mol. The Labute approximate surface area is 107 Å². The van der Waals surface area contributed by atoms with Crippen molar-refractivity contribution >= 4 is 11.9 Å². The first-order chi connectivity index (χ1) is 8.63. The fraction of sp³-hybridized carbons (Fsp3) is 0.429. The average Bonchev–Trinajstić information content (AvgIpc) is 2.36. The van der Waals surface area contributed by atoms with Crippen LogP contribution in [0, 0.1) is 0 Å². The average molecular weight is 249 g/mol. The van der Waals surface area contributed by atoms with Gasteiger partial charge >= 0.3 is 5.97 Å². The zero-order valence-corrected chi connectivity index (χ0v) is 10.6. The van der Waals surface area contributed by atoms with Gasteiger partial charge in [0.15, 0.2) is 0 Å². The van der Waals surface area contributed by atoms with Crippen LogP contribution in [0.3, 0.4) is 0 Å². The van der Waals surface area contributed by atoms with Crippen LogP contribution >= 0.6 is 0 Å². The van der Waals surface area contributed by atoms with E-state index >= 15 is 0 Å². The molecule has 1 aromatic carbocycles. The standard InChI is InChI=1S/C14H19NO3/c1-2-11(12-6-4-3-5-7-12)10-13(16)15-9-8-14(17)18/h3-7,11H,2,8-10H2,1H3,(H,15,16)(H,17,18)/t11-/m0/s1. The molecule has 0 saturated heterocycles. The van der Waals surface area contributed by atoms with Crippen LogP contribution in [0.4, 0.5) is 0 Å². The van der Waals surface area contributed by atoms with Crippen LogP contribution in [0.5, 0.6) is 0 Å². The lowest BCUT2D eigenvalue weighted by Gasteiger charge is -2.14. The number of carbonyl (C=O) groups is 2. The number of benzene rings is 1. The molecule has 0 radical (unpaired) electrons. The number of aliphatic carboxylic acids is 1. The van der Waals surface area contributed by atoms with Gasteiger partial charge in [-0.25, -0.2) is 0 Å². The Bertz CT molecular complexity index is 389. The smallest absolute Gasteiger partial charge is 0.305 e. The monoisotopic (exact) mass is 249 g/mol. The maximum absolute atomic E-state index is 11.7. The van der Waals surface area contributed by atoms with Gasteiger partial charge in [0.1, 0.15) is 0 Å². The van der Waals surface area contributed by atoms with E-state index < -0.39 is 5.97 Å². The zero-order valence-electron chi connectivity index (χ0n) is 10.6. The molecule has 0 aromatic heterocycles. The highest BCUT2D eigenvalue weighted by molar-refractivity contribution is 5.77. The van der Waals surface area contributed by atoms with E-state index in [1.54, 1.807) is 0 Å². The number of amides is 1. The summed E-state index contributed by atoms with van der Waals surface area (Å²) in [5, 5.41) is 11.1. The van der Waals surface area contributed by atoms with E-state index in [4.69, 9.17) is 5.11 Å². The largest absolute Gasteiger partial charge is 0.481 e. The van der Waals surface area contributed by atoms with Gasteiger partial charge in [-0.2, -0.15) is 0 Å². The number of carbonyl (C=O) groups excluding carboxylic acids is 1. The van der Waals surface area contributed by atoms with Gasteiger partial charge in [0, 0.05) is 13.0 Å². The van der Waals surface area contributed by atoms with Gasteiger partial charge in [0.25, 0.3) is 0 Å². The Kier molecular flexibility index (Phi) is 5.91. The molecule has 0 aliphatic heterocycles. The Morgan fingerprint density at radius 2 is 1.94 bits per heavy atom. The van der Waals surface area contributed by atoms with Gasteiger partial charge in [-0.1, -0.05) is 37.3 Å². The van der Waals surface area contributed by atoms with Crippen LogP contribution in [0.1, 0.15) is 37.7 Å². The Morgan fingerprint density at radius 3 is 2.50 bits per heavy atom. The summed E-state index contributed by atoms with van der Waals surface area (Å²) >= 11 is 0. The predicted molar refractivity (Wildman–Crippen MR) is 69.4 cm³/mol. The van der Waals surface area contributed by atoms with Crippen molar-refractivity contribution in [3.05, 3.63) is 35.9 Å². The van der Waals surface area contributed by atoms with E-state index in [-0.39, 0.29) is 24.8 Å². The van der Waals surface area contributed by atoms with Crippen molar-refractivity contribution in [2.24, 2.45) is 0 Å². The van der Waals surface area contributed by atoms with Gasteiger partial charge < -0.3 is 10.4 Å². The molecule has 1 amide bonds. The highest BCUT2D eigenvalue weighted by Crippen LogP contribution is 2.22. The molecule has 0 unspecified atom stereocenters. The summed E-state index contributed by atoms with van der Waals surface area (Å²) in [5.74, 6) is -0.798. The van der Waals surface area contributed by atoms with Gasteiger partial charge in [-0.3, -0.25) is 9.59 Å². The third-order valence-corrected chi connectivity index (χ3v) is 2.86. The predicted octanol–water partition coefficient (Wildman–Crippen LogP) is 2.16. The lowest BCUT2D eigenvalue weighted by Crippen LogP contribution is -2.27. The van der Waals surface area contributed by atoms with E-state index in [0.717, 1.165) is 12.0 Å². The van der Waals surface area contributed by atoms with Crippen LogP contribution in [-0.2, 0) is 9.59 Å². The van der Waals surface area contributed by atoms with Gasteiger partial charge in [0.05, 0.1) is 6.42 Å². The van der Waals surface area contributed by atoms with Crippen LogP contribution in [0.15, 0.2) is 30.3 Å². The summed E-state index contributed by atoms with van der Waals surface area (Å²) in [7, 11) is 0. The lowest BCUT2D eigenvalue weighted by atomic mass is 9.93. The molecule has 98 valence electrons. The van der Waals surface area contributed by atoms with Crippen molar-refractivity contribution in [1.82, 2.24) is 5.32 Å². The van der Waals surface area contributed by atoms with Crippen molar-refractivity contribution in [2.75, 3.05) is 6.54 Å². The van der Waals surface area contributed by atoms with Crippen molar-refractivity contribution in [1.29, 1.82) is 0 Å². The van der Waals surface area contributed by atoms with Gasteiger partial charge in [-0.05, 0) is 17.9 Å². The summed E-state index contributed by atoms with van der Waals surface area (Å²) in [6, 6.07) is 9.89. The first-order valence-electron chi connectivity index (χ1n) is 6.17. The minimum absolute atomic E-state index is 0.0339. The van der Waals surface area contributed by atoms with E-state index in [1.807, 2.05) is 37.3 Å². The molecule has 0 aliphatic carbocycles. The molecule has 0 heterocycles. The van der Waals surface area contributed by atoms with Crippen molar-refractivity contribution in [3.63, 3.8) is 0 Å². The number of nitrogens with one attached hydrogen (secondary N) is 1. The van der Waals surface area contributed by atoms with Crippen LogP contribution in [0.2, 0.25) is 0 Å². The molecular formula is C14H19NO3. The van der Waals surface area contributed by atoms with Crippen LogP contribution in [-0.4, -0.2) is 23.5 Å². The summed E-state index contributed by atoms with van der Waals surface area (Å²) in [4.78, 5) is 22.0. The third-order valence-electron chi connectivity index (χ3n) is 2.86. The SMILES string of the molecule is CC[C@@H](CC(=O)NCCC(=O)O)c1ccccc1. The third kappa shape index (κ3) is 4.99. The topological polar surface area (TPSA) is 66.4 Å². The second-order valence-electron chi connectivity index (χ2n) is 4.21. The fourth-order valence-electron chi connectivity index (χ4n) is 1.83. The van der Waals surface area contributed by atoms with Crippen molar-refractivity contribution < 1.29 is 14.7 Å². The molecule has 1 rings (SSSR count). The highest BCUT2D eigenvalue weighted by atomic mass is 16.4. The van der Waals surface area contributed by atoms with Crippen molar-refractivity contribution in [2.45, 2.75) is 32.1 Å². The Morgan fingerprint density at radius 1 is 1.28 bits per heavy atom. The summed E-state index contributed by atoms with van der Waals surface area (Å²) in [5.41, 5.74) is 1.15. The van der Waals surface area contributed by atoms with E-state index in [9.17, 15) is 9.59 Å². The lowest BCUT2D eigenvalue weighted by molar-refractivity contribution is -0.136. The van der Waals surface area contributed by atoms with E-state index in [2.05, 4.69) is 5.32 Å². The van der Waals surface area contributed by atoms with Crippen LogP contribution < -0.4 is 5.32 Å². The molecule has 18 heavy (non-hydrogen) atoms. The van der Waals surface area contributed by atoms with Crippen molar-refractivity contribution in [3.8, 4) is 0 Å². The first kappa shape index (κ1) is 14.2. The van der Waals surface area contributed by atoms with E-state index in [0.29, 0.717) is 6.42 Å². The molecule has 0 spiro atoms. The normalized spacial score (nSPS) is 11.8.